The van der Waals surface area contributed by atoms with Crippen molar-refractivity contribution in [1.29, 1.82) is 5.41 Å². The molecule has 0 aliphatic heterocycles. The second-order valence-corrected chi connectivity index (χ2v) is 7.31. The van der Waals surface area contributed by atoms with E-state index >= 15 is 0 Å². The number of ether oxygens (including phenoxy) is 1. The monoisotopic (exact) mass is 359 g/mol. The molecule has 1 aliphatic rings. The van der Waals surface area contributed by atoms with Crippen LogP contribution in [0.1, 0.15) is 25.3 Å². The maximum atomic E-state index is 13.0. The number of rotatable bonds is 9. The number of anilines is 2. The molecule has 25 heavy (non-hydrogen) atoms. The van der Waals surface area contributed by atoms with E-state index in [4.69, 9.17) is 10.1 Å². The number of halogens is 1. The van der Waals surface area contributed by atoms with E-state index in [0.29, 0.717) is 6.61 Å². The van der Waals surface area contributed by atoms with Gasteiger partial charge in [0.2, 0.25) is 0 Å². The Kier molecular flexibility index (Phi) is 5.94. The molecule has 4 nitrogen and oxygen atoms in total. The first-order valence-corrected chi connectivity index (χ1v) is 9.23. The standard InChI is InChI=1S/C19H22FN3OS/c1-13(23-25-18-7-8-18)12-24-17-6-9-19(14(10-17)11-21)22-16-4-2-15(20)3-5-16/h2-6,9-11,13,18,21-23H,7-8,12H2,1H3. The fraction of sp³-hybridized carbons (Fsp3) is 0.316. The summed E-state index contributed by atoms with van der Waals surface area (Å²) in [5, 5.41) is 11.6. The molecule has 0 spiro atoms. The molecule has 2 aromatic carbocycles. The van der Waals surface area contributed by atoms with Gasteiger partial charge in [0.1, 0.15) is 18.2 Å². The fourth-order valence-electron chi connectivity index (χ4n) is 2.21. The van der Waals surface area contributed by atoms with Crippen LogP contribution in [0, 0.1) is 11.2 Å². The third-order valence-electron chi connectivity index (χ3n) is 3.76. The van der Waals surface area contributed by atoms with Gasteiger partial charge in [-0.2, -0.15) is 0 Å². The van der Waals surface area contributed by atoms with Crippen LogP contribution >= 0.6 is 11.9 Å². The minimum absolute atomic E-state index is 0.256. The average molecular weight is 359 g/mol. The lowest BCUT2D eigenvalue weighted by Crippen LogP contribution is -2.27. The number of benzene rings is 2. The topological polar surface area (TPSA) is 57.1 Å². The smallest absolute Gasteiger partial charge is 0.123 e. The lowest BCUT2D eigenvalue weighted by molar-refractivity contribution is 0.290. The van der Waals surface area contributed by atoms with Crippen molar-refractivity contribution in [3.05, 3.63) is 53.8 Å². The number of hydrogen-bond acceptors (Lipinski definition) is 5. The molecular weight excluding hydrogens is 337 g/mol. The van der Waals surface area contributed by atoms with Crippen molar-refractivity contribution >= 4 is 29.5 Å². The lowest BCUT2D eigenvalue weighted by atomic mass is 10.1. The molecule has 0 amide bonds. The Balaban J connectivity index is 1.58. The molecule has 132 valence electrons. The van der Waals surface area contributed by atoms with Gasteiger partial charge in [0.05, 0.1) is 0 Å². The summed E-state index contributed by atoms with van der Waals surface area (Å²) in [6, 6.07) is 12.0. The molecule has 1 unspecified atom stereocenters. The highest BCUT2D eigenvalue weighted by Crippen LogP contribution is 2.32. The van der Waals surface area contributed by atoms with Crippen molar-refractivity contribution in [3.63, 3.8) is 0 Å². The van der Waals surface area contributed by atoms with Gasteiger partial charge in [0.15, 0.2) is 0 Å². The number of nitrogens with one attached hydrogen (secondary N) is 3. The molecule has 0 bridgehead atoms. The van der Waals surface area contributed by atoms with Gasteiger partial charge in [0.25, 0.3) is 0 Å². The zero-order chi connectivity index (χ0) is 17.6. The van der Waals surface area contributed by atoms with E-state index in [2.05, 4.69) is 17.0 Å². The predicted octanol–water partition coefficient (Wildman–Crippen LogP) is 4.73. The van der Waals surface area contributed by atoms with Crippen molar-refractivity contribution in [2.45, 2.75) is 31.1 Å². The van der Waals surface area contributed by atoms with E-state index in [1.165, 1.54) is 31.2 Å². The van der Waals surface area contributed by atoms with Crippen LogP contribution in [0.4, 0.5) is 15.8 Å². The van der Waals surface area contributed by atoms with Gasteiger partial charge in [-0.15, -0.1) is 0 Å². The van der Waals surface area contributed by atoms with Crippen LogP contribution in [0.3, 0.4) is 0 Å². The van der Waals surface area contributed by atoms with Crippen LogP contribution in [0.15, 0.2) is 42.5 Å². The summed E-state index contributed by atoms with van der Waals surface area (Å²) in [6.07, 6.45) is 3.89. The van der Waals surface area contributed by atoms with E-state index in [9.17, 15) is 4.39 Å². The van der Waals surface area contributed by atoms with E-state index in [1.807, 2.05) is 18.2 Å². The zero-order valence-corrected chi connectivity index (χ0v) is 14.9. The summed E-state index contributed by atoms with van der Waals surface area (Å²) in [5.41, 5.74) is 2.27. The van der Waals surface area contributed by atoms with Gasteiger partial charge >= 0.3 is 0 Å². The molecule has 0 radical (unpaired) electrons. The summed E-state index contributed by atoms with van der Waals surface area (Å²) in [6.45, 7) is 2.67. The van der Waals surface area contributed by atoms with Gasteiger partial charge in [-0.3, -0.25) is 4.72 Å². The summed E-state index contributed by atoms with van der Waals surface area (Å²) >= 11 is 1.80. The van der Waals surface area contributed by atoms with Gasteiger partial charge < -0.3 is 15.5 Å². The average Bonchev–Trinajstić information content (AvgIpc) is 3.45. The zero-order valence-electron chi connectivity index (χ0n) is 14.1. The van der Waals surface area contributed by atoms with Crippen LogP contribution in [0.2, 0.25) is 0 Å². The van der Waals surface area contributed by atoms with Crippen LogP contribution < -0.4 is 14.8 Å². The highest BCUT2D eigenvalue weighted by atomic mass is 32.2. The van der Waals surface area contributed by atoms with Gasteiger partial charge in [-0.05, 0) is 62.2 Å². The third kappa shape index (κ3) is 5.47. The molecule has 1 atom stereocenters. The number of hydrogen-bond donors (Lipinski definition) is 3. The maximum Gasteiger partial charge on any atom is 0.123 e. The second-order valence-electron chi connectivity index (χ2n) is 6.17. The van der Waals surface area contributed by atoms with Crippen LogP contribution in [0.5, 0.6) is 5.75 Å². The maximum absolute atomic E-state index is 13.0. The van der Waals surface area contributed by atoms with Crippen molar-refractivity contribution in [2.75, 3.05) is 11.9 Å². The Morgan fingerprint density at radius 2 is 2.04 bits per heavy atom. The van der Waals surface area contributed by atoms with Gasteiger partial charge in [0, 0.05) is 34.4 Å². The summed E-state index contributed by atoms with van der Waals surface area (Å²) in [4.78, 5) is 0. The molecule has 1 aliphatic carbocycles. The molecule has 3 N–H and O–H groups in total. The minimum atomic E-state index is -0.274. The first-order chi connectivity index (χ1) is 12.1. The van der Waals surface area contributed by atoms with E-state index in [1.54, 1.807) is 24.1 Å². The Morgan fingerprint density at radius 3 is 2.72 bits per heavy atom. The van der Waals surface area contributed by atoms with Crippen LogP contribution in [0.25, 0.3) is 0 Å². The minimum Gasteiger partial charge on any atom is -0.492 e. The fourth-order valence-corrected chi connectivity index (χ4v) is 3.07. The van der Waals surface area contributed by atoms with Gasteiger partial charge in [-0.25, -0.2) is 4.39 Å². The van der Waals surface area contributed by atoms with Crippen molar-refractivity contribution < 1.29 is 9.13 Å². The van der Waals surface area contributed by atoms with E-state index in [-0.39, 0.29) is 11.9 Å². The summed E-state index contributed by atoms with van der Waals surface area (Å²) in [7, 11) is 0. The Bertz CT molecular complexity index is 719. The summed E-state index contributed by atoms with van der Waals surface area (Å²) < 4.78 is 22.2. The highest BCUT2D eigenvalue weighted by molar-refractivity contribution is 7.98. The predicted molar refractivity (Wildman–Crippen MR) is 103 cm³/mol. The SMILES string of the molecule is CC(COc1ccc(Nc2ccc(F)cc2)c(C=N)c1)NSC1CC1. The molecule has 2 aromatic rings. The van der Waals surface area contributed by atoms with E-state index in [0.717, 1.165) is 27.9 Å². The van der Waals surface area contributed by atoms with Crippen molar-refractivity contribution in [3.8, 4) is 5.75 Å². The quantitative estimate of drug-likeness (QED) is 0.447. The largest absolute Gasteiger partial charge is 0.492 e. The molecule has 0 aromatic heterocycles. The Labute approximate surface area is 151 Å². The molecule has 1 fully saturated rings. The first-order valence-electron chi connectivity index (χ1n) is 8.35. The molecule has 6 heteroatoms. The normalized spacial score (nSPS) is 14.8. The highest BCUT2D eigenvalue weighted by Gasteiger charge is 2.22. The molecule has 1 saturated carbocycles. The van der Waals surface area contributed by atoms with Crippen molar-refractivity contribution in [2.24, 2.45) is 0 Å². The van der Waals surface area contributed by atoms with Gasteiger partial charge in [-0.1, -0.05) is 11.9 Å². The summed E-state index contributed by atoms with van der Waals surface area (Å²) in [5.74, 6) is 0.456. The lowest BCUT2D eigenvalue weighted by Gasteiger charge is -2.16. The molecular formula is C19H22FN3OS. The molecule has 0 saturated heterocycles. The molecule has 3 rings (SSSR count). The second kappa shape index (κ2) is 8.36. The third-order valence-corrected chi connectivity index (χ3v) is 5.11. The van der Waals surface area contributed by atoms with Crippen LogP contribution in [-0.4, -0.2) is 24.1 Å². The Hall–Kier alpha value is -2.05. The van der Waals surface area contributed by atoms with E-state index < -0.39 is 0 Å². The van der Waals surface area contributed by atoms with Crippen molar-refractivity contribution in [1.82, 2.24) is 4.72 Å². The first kappa shape index (κ1) is 17.8. The molecule has 0 heterocycles. The van der Waals surface area contributed by atoms with Crippen LogP contribution in [-0.2, 0) is 0 Å². The Morgan fingerprint density at radius 1 is 1.28 bits per heavy atom.